The SMILES string of the molecule is CO[C@@H]1CCC[C@@H](C(=O)N[C@H](Cc2ccsc2)c2nc(C)cs2)C1. The summed E-state index contributed by atoms with van der Waals surface area (Å²) in [7, 11) is 1.74. The average molecular weight is 365 g/mol. The zero-order valence-corrected chi connectivity index (χ0v) is 15.8. The third-order valence-corrected chi connectivity index (χ3v) is 6.41. The van der Waals surface area contributed by atoms with Crippen LogP contribution in [-0.2, 0) is 16.0 Å². The van der Waals surface area contributed by atoms with E-state index in [4.69, 9.17) is 4.74 Å². The first kappa shape index (κ1) is 17.6. The molecular weight excluding hydrogens is 340 g/mol. The van der Waals surface area contributed by atoms with Gasteiger partial charge in [0.2, 0.25) is 5.91 Å². The highest BCUT2D eigenvalue weighted by Crippen LogP contribution is 2.28. The number of carbonyl (C=O) groups excluding carboxylic acids is 1. The molecule has 0 spiro atoms. The van der Waals surface area contributed by atoms with Crippen LogP contribution in [0.4, 0.5) is 0 Å². The van der Waals surface area contributed by atoms with Gasteiger partial charge in [0, 0.05) is 30.5 Å². The largest absolute Gasteiger partial charge is 0.381 e. The Balaban J connectivity index is 1.70. The maximum Gasteiger partial charge on any atom is 0.223 e. The van der Waals surface area contributed by atoms with Gasteiger partial charge in [-0.15, -0.1) is 11.3 Å². The second-order valence-electron chi connectivity index (χ2n) is 6.45. The van der Waals surface area contributed by atoms with Gasteiger partial charge in [0.1, 0.15) is 5.01 Å². The fourth-order valence-corrected chi connectivity index (χ4v) is 4.79. The molecule has 0 radical (unpaired) electrons. The Hall–Kier alpha value is -1.24. The molecule has 2 aromatic heterocycles. The molecule has 2 aromatic rings. The van der Waals surface area contributed by atoms with Crippen LogP contribution in [0.5, 0.6) is 0 Å². The van der Waals surface area contributed by atoms with Crippen molar-refractivity contribution in [2.75, 3.05) is 7.11 Å². The van der Waals surface area contributed by atoms with Crippen LogP contribution in [-0.4, -0.2) is 24.1 Å². The fourth-order valence-electron chi connectivity index (χ4n) is 3.26. The molecule has 2 heterocycles. The van der Waals surface area contributed by atoms with E-state index in [2.05, 4.69) is 27.1 Å². The number of rotatable bonds is 6. The monoisotopic (exact) mass is 364 g/mol. The van der Waals surface area contributed by atoms with E-state index in [1.165, 1.54) is 5.56 Å². The van der Waals surface area contributed by atoms with Gasteiger partial charge in [-0.2, -0.15) is 11.3 Å². The normalized spacial score (nSPS) is 22.2. The molecule has 0 aromatic carbocycles. The summed E-state index contributed by atoms with van der Waals surface area (Å²) in [5.74, 6) is 0.194. The first-order chi connectivity index (χ1) is 11.7. The number of aryl methyl sites for hydroxylation is 1. The van der Waals surface area contributed by atoms with Crippen LogP contribution in [0.3, 0.4) is 0 Å². The lowest BCUT2D eigenvalue weighted by Gasteiger charge is -2.28. The van der Waals surface area contributed by atoms with Crippen molar-refractivity contribution in [3.8, 4) is 0 Å². The van der Waals surface area contributed by atoms with Gasteiger partial charge in [-0.1, -0.05) is 6.42 Å². The highest BCUT2D eigenvalue weighted by Gasteiger charge is 2.29. The van der Waals surface area contributed by atoms with Crippen molar-refractivity contribution in [1.29, 1.82) is 0 Å². The minimum absolute atomic E-state index is 0.0475. The Bertz CT molecular complexity index is 654. The molecule has 0 aliphatic heterocycles. The number of nitrogens with one attached hydrogen (secondary N) is 1. The maximum absolute atomic E-state index is 12.8. The summed E-state index contributed by atoms with van der Waals surface area (Å²) in [6.07, 6.45) is 4.90. The molecule has 0 saturated heterocycles. The third kappa shape index (κ3) is 4.43. The van der Waals surface area contributed by atoms with Crippen molar-refractivity contribution in [2.24, 2.45) is 5.92 Å². The molecule has 3 atom stereocenters. The molecule has 0 bridgehead atoms. The minimum Gasteiger partial charge on any atom is -0.381 e. The van der Waals surface area contributed by atoms with Crippen LogP contribution < -0.4 is 5.32 Å². The number of amides is 1. The first-order valence-corrected chi connectivity index (χ1v) is 10.2. The highest BCUT2D eigenvalue weighted by molar-refractivity contribution is 7.09. The molecule has 4 nitrogen and oxygen atoms in total. The van der Waals surface area contributed by atoms with Crippen molar-refractivity contribution in [3.63, 3.8) is 0 Å². The number of methoxy groups -OCH3 is 1. The molecule has 1 aliphatic carbocycles. The lowest BCUT2D eigenvalue weighted by atomic mass is 9.86. The van der Waals surface area contributed by atoms with Crippen molar-refractivity contribution in [2.45, 2.75) is 51.2 Å². The quantitative estimate of drug-likeness (QED) is 0.839. The Labute approximate surface area is 151 Å². The molecule has 130 valence electrons. The van der Waals surface area contributed by atoms with E-state index >= 15 is 0 Å². The van der Waals surface area contributed by atoms with Crippen LogP contribution >= 0.6 is 22.7 Å². The second kappa shape index (κ2) is 8.23. The van der Waals surface area contributed by atoms with Gasteiger partial charge >= 0.3 is 0 Å². The topological polar surface area (TPSA) is 51.2 Å². The number of thiophene rings is 1. The van der Waals surface area contributed by atoms with E-state index in [0.717, 1.165) is 42.8 Å². The molecule has 24 heavy (non-hydrogen) atoms. The highest BCUT2D eigenvalue weighted by atomic mass is 32.1. The van der Waals surface area contributed by atoms with E-state index in [0.29, 0.717) is 0 Å². The molecule has 1 saturated carbocycles. The number of thiazole rings is 1. The summed E-state index contributed by atoms with van der Waals surface area (Å²) >= 11 is 3.31. The van der Waals surface area contributed by atoms with Crippen LogP contribution in [0.15, 0.2) is 22.2 Å². The number of aromatic nitrogens is 1. The van der Waals surface area contributed by atoms with Gasteiger partial charge in [0.05, 0.1) is 12.1 Å². The lowest BCUT2D eigenvalue weighted by molar-refractivity contribution is -0.128. The molecular formula is C18H24N2O2S2. The number of hydrogen-bond donors (Lipinski definition) is 1. The smallest absolute Gasteiger partial charge is 0.223 e. The Morgan fingerprint density at radius 3 is 3.00 bits per heavy atom. The third-order valence-electron chi connectivity index (χ3n) is 4.60. The molecule has 1 amide bonds. The fraction of sp³-hybridized carbons (Fsp3) is 0.556. The van der Waals surface area contributed by atoms with Crippen LogP contribution in [0.1, 0.15) is 48.0 Å². The van der Waals surface area contributed by atoms with E-state index in [1.807, 2.05) is 12.3 Å². The summed E-state index contributed by atoms with van der Waals surface area (Å²) < 4.78 is 5.46. The second-order valence-corrected chi connectivity index (χ2v) is 8.11. The average Bonchev–Trinajstić information content (AvgIpc) is 3.26. The van der Waals surface area contributed by atoms with Gasteiger partial charge in [-0.05, 0) is 48.6 Å². The minimum atomic E-state index is -0.0475. The molecule has 0 unspecified atom stereocenters. The standard InChI is InChI=1S/C18H24N2O2S2/c1-12-10-24-18(19-12)16(8-13-6-7-23-11-13)20-17(21)14-4-3-5-15(9-14)22-2/h6-7,10-11,14-16H,3-5,8-9H2,1-2H3,(H,20,21)/t14-,15-,16-/m1/s1. The molecule has 3 rings (SSSR count). The summed E-state index contributed by atoms with van der Waals surface area (Å²) in [5.41, 5.74) is 2.26. The van der Waals surface area contributed by atoms with E-state index in [1.54, 1.807) is 29.8 Å². The van der Waals surface area contributed by atoms with Gasteiger partial charge in [0.25, 0.3) is 0 Å². The number of carbonyl (C=O) groups is 1. The van der Waals surface area contributed by atoms with Gasteiger partial charge in [-0.25, -0.2) is 4.98 Å². The number of ether oxygens (including phenoxy) is 1. The summed E-state index contributed by atoms with van der Waals surface area (Å²) in [6.45, 7) is 1.99. The van der Waals surface area contributed by atoms with Gasteiger partial charge in [-0.3, -0.25) is 4.79 Å². The van der Waals surface area contributed by atoms with Crippen molar-refractivity contribution >= 4 is 28.6 Å². The summed E-state index contributed by atoms with van der Waals surface area (Å²) in [4.78, 5) is 17.4. The van der Waals surface area contributed by atoms with E-state index in [9.17, 15) is 4.79 Å². The van der Waals surface area contributed by atoms with Crippen LogP contribution in [0, 0.1) is 12.8 Å². The molecule has 1 aliphatic rings. The van der Waals surface area contributed by atoms with E-state index in [-0.39, 0.29) is 24.0 Å². The van der Waals surface area contributed by atoms with Crippen molar-refractivity contribution in [3.05, 3.63) is 38.5 Å². The zero-order chi connectivity index (χ0) is 16.9. The predicted molar refractivity (Wildman–Crippen MR) is 98.5 cm³/mol. The maximum atomic E-state index is 12.8. The van der Waals surface area contributed by atoms with Crippen molar-refractivity contribution in [1.82, 2.24) is 10.3 Å². The Kier molecular flexibility index (Phi) is 6.03. The molecule has 1 fully saturated rings. The lowest BCUT2D eigenvalue weighted by Crippen LogP contribution is -2.38. The Morgan fingerprint density at radius 1 is 1.46 bits per heavy atom. The van der Waals surface area contributed by atoms with Gasteiger partial charge in [0.15, 0.2) is 0 Å². The van der Waals surface area contributed by atoms with Crippen molar-refractivity contribution < 1.29 is 9.53 Å². The summed E-state index contributed by atoms with van der Waals surface area (Å²) in [6, 6.07) is 2.07. The number of hydrogen-bond acceptors (Lipinski definition) is 5. The zero-order valence-electron chi connectivity index (χ0n) is 14.2. The molecule has 1 N–H and O–H groups in total. The molecule has 6 heteroatoms. The van der Waals surface area contributed by atoms with E-state index < -0.39 is 0 Å². The Morgan fingerprint density at radius 2 is 2.33 bits per heavy atom. The predicted octanol–water partition coefficient (Wildman–Crippen LogP) is 4.12. The van der Waals surface area contributed by atoms with Crippen LogP contribution in [0.25, 0.3) is 0 Å². The first-order valence-electron chi connectivity index (χ1n) is 8.42. The number of nitrogens with zero attached hydrogens (tertiary/aromatic N) is 1. The van der Waals surface area contributed by atoms with Gasteiger partial charge < -0.3 is 10.1 Å². The van der Waals surface area contributed by atoms with Crippen LogP contribution in [0.2, 0.25) is 0 Å². The summed E-state index contributed by atoms with van der Waals surface area (Å²) in [5, 5.41) is 10.5.